The zero-order valence-electron chi connectivity index (χ0n) is 17.3. The maximum atomic E-state index is 12.9. The van der Waals surface area contributed by atoms with Crippen LogP contribution in [0.1, 0.15) is 29.6 Å². The second-order valence-corrected chi connectivity index (χ2v) is 8.80. The lowest BCUT2D eigenvalue weighted by Crippen LogP contribution is -2.48. The maximum Gasteiger partial charge on any atom is 0.255 e. The van der Waals surface area contributed by atoms with Crippen molar-refractivity contribution in [3.8, 4) is 11.5 Å². The average molecular weight is 475 g/mol. The number of rotatable bonds is 6. The molecule has 0 aromatic heterocycles. The Morgan fingerprint density at radius 3 is 2.65 bits per heavy atom. The Balaban J connectivity index is 1.31. The molecule has 2 fully saturated rings. The van der Waals surface area contributed by atoms with Gasteiger partial charge in [0.1, 0.15) is 5.02 Å². The van der Waals surface area contributed by atoms with Crippen molar-refractivity contribution in [2.45, 2.75) is 31.7 Å². The van der Waals surface area contributed by atoms with Crippen LogP contribution in [0.2, 0.25) is 10.0 Å². The van der Waals surface area contributed by atoms with Crippen LogP contribution in [-0.4, -0.2) is 80.9 Å². The number of nitrogens with zero attached hydrogens (tertiary/aromatic N) is 1. The highest BCUT2D eigenvalue weighted by Gasteiger charge is 2.30. The monoisotopic (exact) mass is 474 g/mol. The summed E-state index contributed by atoms with van der Waals surface area (Å²) in [6.45, 7) is 4.75. The minimum atomic E-state index is -0.523. The Bertz CT molecular complexity index is 790. The van der Waals surface area contributed by atoms with Gasteiger partial charge in [0.05, 0.1) is 43.1 Å². The number of amides is 1. The van der Waals surface area contributed by atoms with Crippen LogP contribution in [0.5, 0.6) is 11.5 Å². The standard InChI is InChI=1S/C21H28Cl2N2O6/c22-15-10-14(19-20(18(15)23)31-7-1-6-30-19)21(27)24-11-13-2-4-25(12-16(13)26)5-3-17-28-8-9-29-17/h10,13,16-17,26H,1-9,11-12H2,(H,24,27)/t13-,16+/m0/s1. The number of nitrogens with one attached hydrogen (secondary N) is 1. The molecule has 3 aliphatic rings. The highest BCUT2D eigenvalue weighted by molar-refractivity contribution is 6.43. The number of likely N-dealkylation sites (tertiary alicyclic amines) is 1. The quantitative estimate of drug-likeness (QED) is 0.653. The van der Waals surface area contributed by atoms with Crippen molar-refractivity contribution in [3.05, 3.63) is 21.7 Å². The highest BCUT2D eigenvalue weighted by atomic mass is 35.5. The van der Waals surface area contributed by atoms with Crippen LogP contribution in [0.15, 0.2) is 6.07 Å². The fraction of sp³-hybridized carbons (Fsp3) is 0.667. The molecule has 2 N–H and O–H groups in total. The number of aliphatic hydroxyl groups excluding tert-OH is 1. The number of β-amino-alcohol motifs (C(OH)–C–C–N with tert-alkyl or cyclic N) is 1. The van der Waals surface area contributed by atoms with Gasteiger partial charge in [0.2, 0.25) is 0 Å². The Kier molecular flexibility index (Phi) is 7.79. The molecule has 1 aromatic rings. The molecular weight excluding hydrogens is 447 g/mol. The van der Waals surface area contributed by atoms with E-state index in [1.807, 2.05) is 0 Å². The van der Waals surface area contributed by atoms with Crippen molar-refractivity contribution in [3.63, 3.8) is 0 Å². The minimum absolute atomic E-state index is 0.0299. The molecule has 1 amide bonds. The third-order valence-corrected chi connectivity index (χ3v) is 6.63. The van der Waals surface area contributed by atoms with Gasteiger partial charge in [0.15, 0.2) is 17.8 Å². The molecule has 0 unspecified atom stereocenters. The lowest BCUT2D eigenvalue weighted by molar-refractivity contribution is -0.0576. The van der Waals surface area contributed by atoms with E-state index in [4.69, 9.17) is 42.1 Å². The molecule has 8 nitrogen and oxygen atoms in total. The molecule has 1 aromatic carbocycles. The Morgan fingerprint density at radius 1 is 1.16 bits per heavy atom. The topological polar surface area (TPSA) is 89.5 Å². The summed E-state index contributed by atoms with van der Waals surface area (Å²) in [6.07, 6.45) is 1.60. The number of benzene rings is 1. The summed E-state index contributed by atoms with van der Waals surface area (Å²) in [5, 5.41) is 14.0. The second-order valence-electron chi connectivity index (χ2n) is 8.02. The maximum absolute atomic E-state index is 12.9. The molecule has 0 spiro atoms. The smallest absolute Gasteiger partial charge is 0.255 e. The molecule has 10 heteroatoms. The minimum Gasteiger partial charge on any atom is -0.489 e. The molecule has 31 heavy (non-hydrogen) atoms. The summed E-state index contributed by atoms with van der Waals surface area (Å²) in [6, 6.07) is 1.50. The van der Waals surface area contributed by atoms with Gasteiger partial charge in [-0.15, -0.1) is 0 Å². The van der Waals surface area contributed by atoms with E-state index in [1.54, 1.807) is 0 Å². The lowest BCUT2D eigenvalue weighted by atomic mass is 9.93. The predicted octanol–water partition coefficient (Wildman–Crippen LogP) is 2.33. The Morgan fingerprint density at radius 2 is 1.90 bits per heavy atom. The van der Waals surface area contributed by atoms with Gasteiger partial charge < -0.3 is 34.3 Å². The van der Waals surface area contributed by atoms with Crippen LogP contribution in [0, 0.1) is 5.92 Å². The van der Waals surface area contributed by atoms with Crippen LogP contribution in [-0.2, 0) is 9.47 Å². The molecule has 0 saturated carbocycles. The molecule has 2 atom stereocenters. The average Bonchev–Trinajstić information content (AvgIpc) is 3.16. The van der Waals surface area contributed by atoms with E-state index in [1.165, 1.54) is 6.07 Å². The molecule has 3 heterocycles. The predicted molar refractivity (Wildman–Crippen MR) is 115 cm³/mol. The van der Waals surface area contributed by atoms with Crippen LogP contribution in [0.3, 0.4) is 0 Å². The first-order chi connectivity index (χ1) is 15.0. The Hall–Kier alpha value is -1.29. The van der Waals surface area contributed by atoms with E-state index in [0.29, 0.717) is 57.4 Å². The number of carbonyl (C=O) groups excluding carboxylic acids is 1. The van der Waals surface area contributed by atoms with Gasteiger partial charge in [0, 0.05) is 38.4 Å². The summed E-state index contributed by atoms with van der Waals surface area (Å²) in [4.78, 5) is 15.1. The van der Waals surface area contributed by atoms with Gasteiger partial charge in [-0.1, -0.05) is 23.2 Å². The summed E-state index contributed by atoms with van der Waals surface area (Å²) in [7, 11) is 0. The van der Waals surface area contributed by atoms with Crippen LogP contribution < -0.4 is 14.8 Å². The normalized spacial score (nSPS) is 24.7. The first-order valence-electron chi connectivity index (χ1n) is 10.7. The zero-order valence-corrected chi connectivity index (χ0v) is 18.8. The molecule has 0 radical (unpaired) electrons. The largest absolute Gasteiger partial charge is 0.489 e. The molecule has 2 saturated heterocycles. The summed E-state index contributed by atoms with van der Waals surface area (Å²) in [5.41, 5.74) is 0.287. The van der Waals surface area contributed by atoms with E-state index in [2.05, 4.69) is 10.2 Å². The van der Waals surface area contributed by atoms with Gasteiger partial charge in [-0.05, 0) is 19.0 Å². The number of hydrogen-bond acceptors (Lipinski definition) is 7. The van der Waals surface area contributed by atoms with Crippen molar-refractivity contribution in [1.29, 1.82) is 0 Å². The first-order valence-corrected chi connectivity index (χ1v) is 11.5. The van der Waals surface area contributed by atoms with Gasteiger partial charge >= 0.3 is 0 Å². The van der Waals surface area contributed by atoms with E-state index in [0.717, 1.165) is 25.9 Å². The van der Waals surface area contributed by atoms with Crippen LogP contribution >= 0.6 is 23.2 Å². The van der Waals surface area contributed by atoms with Crippen LogP contribution in [0.25, 0.3) is 0 Å². The zero-order chi connectivity index (χ0) is 21.8. The van der Waals surface area contributed by atoms with Gasteiger partial charge in [-0.25, -0.2) is 0 Å². The molecule has 172 valence electrons. The first kappa shape index (κ1) is 22.9. The van der Waals surface area contributed by atoms with E-state index in [9.17, 15) is 9.90 Å². The summed E-state index contributed by atoms with van der Waals surface area (Å²) >= 11 is 12.4. The third-order valence-electron chi connectivity index (χ3n) is 5.86. The van der Waals surface area contributed by atoms with E-state index in [-0.39, 0.29) is 33.7 Å². The van der Waals surface area contributed by atoms with Crippen molar-refractivity contribution >= 4 is 29.1 Å². The molecule has 3 aliphatic heterocycles. The van der Waals surface area contributed by atoms with Crippen molar-refractivity contribution in [1.82, 2.24) is 10.2 Å². The molecular formula is C21H28Cl2N2O6. The fourth-order valence-corrected chi connectivity index (χ4v) is 4.49. The van der Waals surface area contributed by atoms with Crippen LogP contribution in [0.4, 0.5) is 0 Å². The third kappa shape index (κ3) is 5.56. The van der Waals surface area contributed by atoms with Crippen molar-refractivity contribution in [2.75, 3.05) is 52.6 Å². The lowest BCUT2D eigenvalue weighted by Gasteiger charge is -2.36. The molecule has 0 aliphatic carbocycles. The van der Waals surface area contributed by atoms with Crippen molar-refractivity contribution < 1.29 is 28.8 Å². The highest BCUT2D eigenvalue weighted by Crippen LogP contribution is 2.44. The number of aliphatic hydroxyl groups is 1. The van der Waals surface area contributed by atoms with E-state index >= 15 is 0 Å². The SMILES string of the molecule is O=C(NC[C@@H]1CCN(CCC2OCCO2)C[C@H]1O)c1cc(Cl)c(Cl)c2c1OCCCO2. The number of carbonyl (C=O) groups is 1. The summed E-state index contributed by atoms with van der Waals surface area (Å²) in [5.74, 6) is 0.264. The van der Waals surface area contributed by atoms with E-state index < -0.39 is 6.10 Å². The molecule has 0 bridgehead atoms. The number of piperidine rings is 1. The summed E-state index contributed by atoms with van der Waals surface area (Å²) < 4.78 is 22.3. The fourth-order valence-electron chi connectivity index (χ4n) is 4.10. The second kappa shape index (κ2) is 10.6. The number of fused-ring (bicyclic) bond motifs is 1. The van der Waals surface area contributed by atoms with Gasteiger partial charge in [-0.3, -0.25) is 4.79 Å². The van der Waals surface area contributed by atoms with Crippen molar-refractivity contribution in [2.24, 2.45) is 5.92 Å². The van der Waals surface area contributed by atoms with Gasteiger partial charge in [-0.2, -0.15) is 0 Å². The number of hydrogen-bond donors (Lipinski definition) is 2. The molecule has 4 rings (SSSR count). The Labute approximate surface area is 191 Å². The number of halogens is 2. The number of ether oxygens (including phenoxy) is 4. The van der Waals surface area contributed by atoms with Gasteiger partial charge in [0.25, 0.3) is 5.91 Å².